The van der Waals surface area contributed by atoms with E-state index in [-0.39, 0.29) is 17.5 Å². The lowest BCUT2D eigenvalue weighted by Crippen LogP contribution is -2.14. The Labute approximate surface area is 243 Å². The Kier molecular flexibility index (Phi) is 9.05. The van der Waals surface area contributed by atoms with E-state index >= 15 is 0 Å². The van der Waals surface area contributed by atoms with Crippen LogP contribution in [0.5, 0.6) is 0 Å². The molecule has 1 aliphatic heterocycles. The summed E-state index contributed by atoms with van der Waals surface area (Å²) in [5.41, 5.74) is 9.71. The predicted molar refractivity (Wildman–Crippen MR) is 169 cm³/mol. The lowest BCUT2D eigenvalue weighted by Gasteiger charge is -2.18. The summed E-state index contributed by atoms with van der Waals surface area (Å²) in [5, 5.41) is 10.5. The third-order valence-corrected chi connectivity index (χ3v) is 7.92. The van der Waals surface area contributed by atoms with Crippen molar-refractivity contribution in [3.8, 4) is 0 Å². The molecule has 3 heteroatoms. The van der Waals surface area contributed by atoms with Gasteiger partial charge in [0.25, 0.3) is 0 Å². The molecule has 1 unspecified atom stereocenters. The molecule has 5 rings (SSSR count). The van der Waals surface area contributed by atoms with Gasteiger partial charge in [0.05, 0.1) is 11.5 Å². The Balaban J connectivity index is 1.18. The summed E-state index contributed by atoms with van der Waals surface area (Å²) in [6, 6.07) is 36.1. The van der Waals surface area contributed by atoms with Crippen molar-refractivity contribution in [2.75, 3.05) is 0 Å². The number of hydrogen-bond acceptors (Lipinski definition) is 3. The Hall–Kier alpha value is -4.50. The molecule has 0 spiro atoms. The van der Waals surface area contributed by atoms with Crippen LogP contribution in [-0.4, -0.2) is 16.6 Å². The predicted octanol–water partition coefficient (Wildman–Crippen LogP) is 8.88. The van der Waals surface area contributed by atoms with Gasteiger partial charge in [-0.05, 0) is 66.9 Å². The zero-order chi connectivity index (χ0) is 28.6. The molecule has 0 fully saturated rings. The van der Waals surface area contributed by atoms with E-state index in [1.165, 1.54) is 28.1 Å². The van der Waals surface area contributed by atoms with Gasteiger partial charge in [0.2, 0.25) is 0 Å². The van der Waals surface area contributed by atoms with Gasteiger partial charge in [-0.3, -0.25) is 9.79 Å². The number of benzene rings is 4. The lowest BCUT2D eigenvalue weighted by molar-refractivity contribution is 0.103. The van der Waals surface area contributed by atoms with E-state index in [1.807, 2.05) is 60.7 Å². The molecule has 0 aliphatic carbocycles. The third-order valence-electron chi connectivity index (χ3n) is 7.92. The maximum absolute atomic E-state index is 13.2. The molecule has 0 saturated heterocycles. The van der Waals surface area contributed by atoms with Crippen molar-refractivity contribution in [3.63, 3.8) is 0 Å². The first-order valence-electron chi connectivity index (χ1n) is 14.4. The van der Waals surface area contributed by atoms with Gasteiger partial charge < -0.3 is 5.11 Å². The number of nitrogens with zero attached hydrogens (tertiary/aromatic N) is 1. The lowest BCUT2D eigenvalue weighted by atomic mass is 9.87. The van der Waals surface area contributed by atoms with Gasteiger partial charge >= 0.3 is 0 Å². The second-order valence-electron chi connectivity index (χ2n) is 10.9. The number of allylic oxidation sites excluding steroid dienone is 3. The van der Waals surface area contributed by atoms with Crippen molar-refractivity contribution in [1.29, 1.82) is 0 Å². The molecule has 0 aromatic heterocycles. The average molecular weight is 540 g/mol. The molecule has 41 heavy (non-hydrogen) atoms. The van der Waals surface area contributed by atoms with Crippen LogP contribution in [0.15, 0.2) is 138 Å². The van der Waals surface area contributed by atoms with Crippen molar-refractivity contribution < 1.29 is 9.90 Å². The SMILES string of the molecule is C=C(O)C(Cc1ccc(CCCC2=C(C)CC(c3ccccc3)=N2)cc1)Cc1ccccc1C(=O)c1ccccc1. The first-order chi connectivity index (χ1) is 20.0. The second-order valence-corrected chi connectivity index (χ2v) is 10.9. The Morgan fingerprint density at radius 2 is 1.44 bits per heavy atom. The third kappa shape index (κ3) is 7.18. The van der Waals surface area contributed by atoms with Crippen LogP contribution in [0.25, 0.3) is 0 Å². The first-order valence-corrected chi connectivity index (χ1v) is 14.4. The van der Waals surface area contributed by atoms with Crippen molar-refractivity contribution in [2.24, 2.45) is 10.9 Å². The van der Waals surface area contributed by atoms with Gasteiger partial charge in [0.1, 0.15) is 0 Å². The summed E-state index contributed by atoms with van der Waals surface area (Å²) < 4.78 is 0. The zero-order valence-electron chi connectivity index (χ0n) is 23.7. The summed E-state index contributed by atoms with van der Waals surface area (Å²) in [4.78, 5) is 18.1. The quantitative estimate of drug-likeness (QED) is 0.144. The van der Waals surface area contributed by atoms with Crippen LogP contribution in [0, 0.1) is 5.92 Å². The highest BCUT2D eigenvalue weighted by Crippen LogP contribution is 2.27. The summed E-state index contributed by atoms with van der Waals surface area (Å²) in [5.74, 6) is -0.0374. The molecule has 0 saturated carbocycles. The number of aryl methyl sites for hydroxylation is 1. The van der Waals surface area contributed by atoms with Crippen LogP contribution in [0.2, 0.25) is 0 Å². The number of aliphatic imine (C=N–C) groups is 1. The maximum atomic E-state index is 13.2. The maximum Gasteiger partial charge on any atom is 0.193 e. The largest absolute Gasteiger partial charge is 0.513 e. The van der Waals surface area contributed by atoms with Crippen LogP contribution < -0.4 is 0 Å². The minimum absolute atomic E-state index is 0.00149. The first kappa shape index (κ1) is 28.0. The fourth-order valence-electron chi connectivity index (χ4n) is 5.54. The number of carbonyl (C=O) groups excluding carboxylic acids is 1. The minimum atomic E-state index is -0.181. The van der Waals surface area contributed by atoms with Crippen LogP contribution in [0.4, 0.5) is 0 Å². The minimum Gasteiger partial charge on any atom is -0.513 e. The number of carbonyl (C=O) groups is 1. The van der Waals surface area contributed by atoms with Crippen LogP contribution in [0.3, 0.4) is 0 Å². The normalized spacial score (nSPS) is 13.6. The number of rotatable bonds is 12. The van der Waals surface area contributed by atoms with Gasteiger partial charge in [-0.15, -0.1) is 0 Å². The number of aliphatic hydroxyl groups is 1. The Morgan fingerprint density at radius 3 is 2.15 bits per heavy atom. The molecule has 4 aromatic carbocycles. The Morgan fingerprint density at radius 1 is 0.805 bits per heavy atom. The van der Waals surface area contributed by atoms with E-state index in [9.17, 15) is 9.90 Å². The highest BCUT2D eigenvalue weighted by atomic mass is 16.3. The van der Waals surface area contributed by atoms with Crippen molar-refractivity contribution >= 4 is 11.5 Å². The second kappa shape index (κ2) is 13.2. The molecule has 0 radical (unpaired) electrons. The number of aliphatic hydroxyl groups excluding tert-OH is 1. The summed E-state index contributed by atoms with van der Waals surface area (Å²) in [6.45, 7) is 6.06. The monoisotopic (exact) mass is 539 g/mol. The standard InChI is InChI=1S/C38H37NO2/c1-27-24-37(31-13-5-3-6-14-31)39-36(27)19-11-12-29-20-22-30(23-21-29)25-34(28(2)40)26-33-17-9-10-18-35(33)38(41)32-15-7-4-8-16-32/h3-10,13-18,20-23,34,40H,2,11-12,19,24-26H2,1H3. The molecular weight excluding hydrogens is 502 g/mol. The molecule has 1 atom stereocenters. The Bertz CT molecular complexity index is 1560. The van der Waals surface area contributed by atoms with Gasteiger partial charge in [0, 0.05) is 29.2 Å². The molecule has 1 heterocycles. The van der Waals surface area contributed by atoms with Crippen molar-refractivity contribution in [2.45, 2.75) is 45.4 Å². The molecule has 4 aromatic rings. The molecule has 206 valence electrons. The van der Waals surface area contributed by atoms with Crippen LogP contribution >= 0.6 is 0 Å². The summed E-state index contributed by atoms with van der Waals surface area (Å²) in [7, 11) is 0. The molecular formula is C38H37NO2. The summed E-state index contributed by atoms with van der Waals surface area (Å²) in [6.07, 6.45) is 5.18. The fourth-order valence-corrected chi connectivity index (χ4v) is 5.54. The molecule has 1 N–H and O–H groups in total. The molecule has 0 bridgehead atoms. The van der Waals surface area contributed by atoms with E-state index in [4.69, 9.17) is 4.99 Å². The van der Waals surface area contributed by atoms with Crippen molar-refractivity contribution in [1.82, 2.24) is 0 Å². The molecule has 3 nitrogen and oxygen atoms in total. The molecule has 1 aliphatic rings. The average Bonchev–Trinajstić information content (AvgIpc) is 3.38. The number of ketones is 1. The van der Waals surface area contributed by atoms with Crippen LogP contribution in [-0.2, 0) is 19.3 Å². The van der Waals surface area contributed by atoms with E-state index in [0.717, 1.165) is 36.8 Å². The van der Waals surface area contributed by atoms with Gasteiger partial charge in [0.15, 0.2) is 5.78 Å². The van der Waals surface area contributed by atoms with E-state index in [1.54, 1.807) is 0 Å². The van der Waals surface area contributed by atoms with Gasteiger partial charge in [-0.25, -0.2) is 0 Å². The summed E-state index contributed by atoms with van der Waals surface area (Å²) >= 11 is 0. The van der Waals surface area contributed by atoms with E-state index in [0.29, 0.717) is 24.0 Å². The highest BCUT2D eigenvalue weighted by Gasteiger charge is 2.20. The highest BCUT2D eigenvalue weighted by molar-refractivity contribution is 6.09. The van der Waals surface area contributed by atoms with Crippen molar-refractivity contribution in [3.05, 3.63) is 166 Å². The smallest absolute Gasteiger partial charge is 0.193 e. The molecule has 0 amide bonds. The topological polar surface area (TPSA) is 49.7 Å². The van der Waals surface area contributed by atoms with Gasteiger partial charge in [-0.1, -0.05) is 116 Å². The van der Waals surface area contributed by atoms with E-state index in [2.05, 4.69) is 62.0 Å². The van der Waals surface area contributed by atoms with Gasteiger partial charge in [-0.2, -0.15) is 0 Å². The van der Waals surface area contributed by atoms with Crippen LogP contribution in [0.1, 0.15) is 64.4 Å². The zero-order valence-corrected chi connectivity index (χ0v) is 23.7. The van der Waals surface area contributed by atoms with E-state index < -0.39 is 0 Å². The number of hydrogen-bond donors (Lipinski definition) is 1. The fraction of sp³-hybridized carbons (Fsp3) is 0.211.